The van der Waals surface area contributed by atoms with Gasteiger partial charge < -0.3 is 5.11 Å². The van der Waals surface area contributed by atoms with Gasteiger partial charge in [0.15, 0.2) is 14.0 Å². The molecule has 2 atom stereocenters. The van der Waals surface area contributed by atoms with Crippen LogP contribution in [0, 0.1) is 5.82 Å². The second-order valence-electron chi connectivity index (χ2n) is 3.81. The second-order valence-corrected chi connectivity index (χ2v) is 7.48. The Morgan fingerprint density at radius 3 is 2.47 bits per heavy atom. The molecule has 1 N–H and O–H groups in total. The first-order valence-corrected chi connectivity index (χ1v) is 7.10. The molecule has 0 amide bonds. The van der Waals surface area contributed by atoms with E-state index < -0.39 is 26.0 Å². The Morgan fingerprint density at radius 2 is 2.00 bits per heavy atom. The summed E-state index contributed by atoms with van der Waals surface area (Å²) in [6, 6.07) is 5.41. The standard InChI is InChI=1S/C11H14ClFO3S/c1-3-17(15,16)11(2,12)10(14)8-6-4-5-7-9(8)13/h4-7,10,14H,3H2,1-2H3. The van der Waals surface area contributed by atoms with Gasteiger partial charge in [-0.3, -0.25) is 0 Å². The number of sulfone groups is 1. The Balaban J connectivity index is 3.23. The molecule has 0 heterocycles. The Morgan fingerprint density at radius 1 is 1.47 bits per heavy atom. The lowest BCUT2D eigenvalue weighted by atomic mass is 10.1. The molecule has 1 rings (SSSR count). The highest BCUT2D eigenvalue weighted by Crippen LogP contribution is 2.37. The van der Waals surface area contributed by atoms with E-state index in [1.165, 1.54) is 32.0 Å². The van der Waals surface area contributed by atoms with Crippen molar-refractivity contribution in [3.8, 4) is 0 Å². The molecule has 3 nitrogen and oxygen atoms in total. The SMILES string of the molecule is CCS(=O)(=O)C(C)(Cl)C(O)c1ccccc1F. The Bertz CT molecular complexity index is 499. The van der Waals surface area contributed by atoms with Gasteiger partial charge >= 0.3 is 0 Å². The fourth-order valence-corrected chi connectivity index (χ4v) is 2.90. The van der Waals surface area contributed by atoms with E-state index in [9.17, 15) is 17.9 Å². The first-order chi connectivity index (χ1) is 7.74. The van der Waals surface area contributed by atoms with Crippen molar-refractivity contribution in [1.82, 2.24) is 0 Å². The molecule has 0 fully saturated rings. The third kappa shape index (κ3) is 2.61. The molecule has 0 bridgehead atoms. The third-order valence-corrected chi connectivity index (χ3v) is 5.79. The van der Waals surface area contributed by atoms with Gasteiger partial charge in [0.1, 0.15) is 11.9 Å². The average Bonchev–Trinajstić information content (AvgIpc) is 2.28. The monoisotopic (exact) mass is 280 g/mol. The lowest BCUT2D eigenvalue weighted by molar-refractivity contribution is 0.158. The molecule has 6 heteroatoms. The lowest BCUT2D eigenvalue weighted by Crippen LogP contribution is -2.37. The smallest absolute Gasteiger partial charge is 0.172 e. The van der Waals surface area contributed by atoms with Crippen LogP contribution in [0.1, 0.15) is 25.5 Å². The molecule has 1 aromatic rings. The molecule has 0 spiro atoms. The predicted molar refractivity (Wildman–Crippen MR) is 65.1 cm³/mol. The molecular weight excluding hydrogens is 267 g/mol. The van der Waals surface area contributed by atoms with Crippen LogP contribution in [-0.2, 0) is 9.84 Å². The number of aliphatic hydroxyl groups is 1. The van der Waals surface area contributed by atoms with Crippen LogP contribution in [0.2, 0.25) is 0 Å². The average molecular weight is 281 g/mol. The molecule has 1 aromatic carbocycles. The van der Waals surface area contributed by atoms with Crippen LogP contribution in [0.4, 0.5) is 4.39 Å². The van der Waals surface area contributed by atoms with E-state index in [-0.39, 0.29) is 11.3 Å². The van der Waals surface area contributed by atoms with Crippen molar-refractivity contribution in [3.05, 3.63) is 35.6 Å². The predicted octanol–water partition coefficient (Wildman–Crippen LogP) is 2.25. The minimum absolute atomic E-state index is 0.123. The van der Waals surface area contributed by atoms with Crippen LogP contribution in [-0.4, -0.2) is 23.5 Å². The van der Waals surface area contributed by atoms with E-state index >= 15 is 0 Å². The largest absolute Gasteiger partial charge is 0.385 e. The molecule has 0 aliphatic carbocycles. The fraction of sp³-hybridized carbons (Fsp3) is 0.455. The van der Waals surface area contributed by atoms with E-state index in [1.54, 1.807) is 0 Å². The molecule has 0 aromatic heterocycles. The zero-order valence-corrected chi connectivity index (χ0v) is 11.1. The van der Waals surface area contributed by atoms with E-state index in [1.807, 2.05) is 0 Å². The van der Waals surface area contributed by atoms with Gasteiger partial charge in [-0.15, -0.1) is 0 Å². The molecule has 0 aliphatic rings. The van der Waals surface area contributed by atoms with Gasteiger partial charge in [-0.05, 0) is 13.0 Å². The van der Waals surface area contributed by atoms with Crippen LogP contribution in [0.3, 0.4) is 0 Å². The van der Waals surface area contributed by atoms with Crippen LogP contribution in [0.25, 0.3) is 0 Å². The number of halogens is 2. The lowest BCUT2D eigenvalue weighted by Gasteiger charge is -2.27. The van der Waals surface area contributed by atoms with Crippen molar-refractivity contribution >= 4 is 21.4 Å². The number of rotatable bonds is 4. The highest BCUT2D eigenvalue weighted by Gasteiger charge is 2.44. The molecule has 0 saturated carbocycles. The maximum atomic E-state index is 13.4. The summed E-state index contributed by atoms with van der Waals surface area (Å²) in [4.78, 5) is 0. The summed E-state index contributed by atoms with van der Waals surface area (Å²) in [7, 11) is -3.71. The van der Waals surface area contributed by atoms with Crippen LogP contribution < -0.4 is 0 Å². The zero-order valence-electron chi connectivity index (χ0n) is 9.52. The quantitative estimate of drug-likeness (QED) is 0.861. The van der Waals surface area contributed by atoms with Crippen LogP contribution >= 0.6 is 11.6 Å². The van der Waals surface area contributed by atoms with Crippen molar-refractivity contribution in [2.24, 2.45) is 0 Å². The van der Waals surface area contributed by atoms with E-state index in [4.69, 9.17) is 11.6 Å². The first-order valence-electron chi connectivity index (χ1n) is 5.07. The number of aliphatic hydroxyl groups excluding tert-OH is 1. The van der Waals surface area contributed by atoms with E-state index in [0.717, 1.165) is 6.07 Å². The van der Waals surface area contributed by atoms with Gasteiger partial charge in [-0.2, -0.15) is 0 Å². The van der Waals surface area contributed by atoms with Gasteiger partial charge in [0.25, 0.3) is 0 Å². The molecule has 0 radical (unpaired) electrons. The number of hydrogen-bond acceptors (Lipinski definition) is 3. The summed E-state index contributed by atoms with van der Waals surface area (Å²) in [5, 5.41) is 9.94. The third-order valence-electron chi connectivity index (χ3n) is 2.68. The van der Waals surface area contributed by atoms with Crippen LogP contribution in [0.5, 0.6) is 0 Å². The minimum atomic E-state index is -3.71. The number of benzene rings is 1. The summed E-state index contributed by atoms with van der Waals surface area (Å²) in [6.07, 6.45) is -1.62. The van der Waals surface area contributed by atoms with Crippen molar-refractivity contribution < 1.29 is 17.9 Å². The normalized spacial score (nSPS) is 17.5. The van der Waals surface area contributed by atoms with Crippen molar-refractivity contribution in [2.45, 2.75) is 24.2 Å². The van der Waals surface area contributed by atoms with E-state index in [2.05, 4.69) is 0 Å². The Labute approximate surface area is 105 Å². The molecule has 2 unspecified atom stereocenters. The summed E-state index contributed by atoms with van der Waals surface area (Å²) < 4.78 is 35.0. The van der Waals surface area contributed by atoms with Gasteiger partial charge in [0.2, 0.25) is 0 Å². The Hall–Kier alpha value is -0.650. The minimum Gasteiger partial charge on any atom is -0.385 e. The Kier molecular flexibility index (Phi) is 4.17. The van der Waals surface area contributed by atoms with Gasteiger partial charge in [0.05, 0.1) is 0 Å². The van der Waals surface area contributed by atoms with Crippen LogP contribution in [0.15, 0.2) is 24.3 Å². The summed E-state index contributed by atoms with van der Waals surface area (Å²) in [5.41, 5.74) is -0.123. The van der Waals surface area contributed by atoms with Crippen molar-refractivity contribution in [2.75, 3.05) is 5.75 Å². The van der Waals surface area contributed by atoms with Gasteiger partial charge in [0, 0.05) is 11.3 Å². The maximum Gasteiger partial charge on any atom is 0.172 e. The number of alkyl halides is 1. The highest BCUT2D eigenvalue weighted by molar-refractivity contribution is 7.94. The van der Waals surface area contributed by atoms with Crippen molar-refractivity contribution in [3.63, 3.8) is 0 Å². The molecule has 96 valence electrons. The van der Waals surface area contributed by atoms with Gasteiger partial charge in [-0.1, -0.05) is 36.7 Å². The molecule has 0 aliphatic heterocycles. The number of hydrogen-bond donors (Lipinski definition) is 1. The van der Waals surface area contributed by atoms with Crippen molar-refractivity contribution in [1.29, 1.82) is 0 Å². The zero-order chi connectivity index (χ0) is 13.3. The highest BCUT2D eigenvalue weighted by atomic mass is 35.5. The fourth-order valence-electron chi connectivity index (χ4n) is 1.43. The molecule has 17 heavy (non-hydrogen) atoms. The summed E-state index contributed by atoms with van der Waals surface area (Å²) >= 11 is 5.88. The summed E-state index contributed by atoms with van der Waals surface area (Å²) in [6.45, 7) is 2.59. The molecule has 0 saturated heterocycles. The summed E-state index contributed by atoms with van der Waals surface area (Å²) in [5.74, 6) is -0.906. The topological polar surface area (TPSA) is 54.4 Å². The van der Waals surface area contributed by atoms with E-state index in [0.29, 0.717) is 0 Å². The second kappa shape index (κ2) is 4.92. The molecular formula is C11H14ClFO3S. The first kappa shape index (κ1) is 14.4. The maximum absolute atomic E-state index is 13.4. The van der Waals surface area contributed by atoms with Gasteiger partial charge in [-0.25, -0.2) is 12.8 Å².